The number of terminal acetylenes is 1. The minimum absolute atomic E-state index is 0.0231. The number of amides is 1. The summed E-state index contributed by atoms with van der Waals surface area (Å²) in [6, 6.07) is 9.79. The monoisotopic (exact) mass is 437 g/mol. The SMILES string of the molecule is C#CCn1c(=NC(=O)c2cc3cc([N+](=O)[O-])ccc3s2)sc2cc3c(cc21)OCO3. The van der Waals surface area contributed by atoms with Gasteiger partial charge in [0.2, 0.25) is 6.79 Å². The molecule has 0 bridgehead atoms. The Morgan fingerprint density at radius 2 is 2.00 bits per heavy atom. The first-order valence-electron chi connectivity index (χ1n) is 8.67. The molecule has 8 nitrogen and oxygen atoms in total. The van der Waals surface area contributed by atoms with Crippen LogP contribution < -0.4 is 14.3 Å². The summed E-state index contributed by atoms with van der Waals surface area (Å²) in [5.41, 5.74) is 0.783. The van der Waals surface area contributed by atoms with Gasteiger partial charge in [-0.2, -0.15) is 4.99 Å². The van der Waals surface area contributed by atoms with Gasteiger partial charge in [-0.05, 0) is 12.1 Å². The highest BCUT2D eigenvalue weighted by Gasteiger charge is 2.18. The van der Waals surface area contributed by atoms with Crippen LogP contribution in [0, 0.1) is 22.5 Å². The largest absolute Gasteiger partial charge is 0.454 e. The fraction of sp³-hybridized carbons (Fsp3) is 0.100. The Morgan fingerprint density at radius 3 is 2.77 bits per heavy atom. The summed E-state index contributed by atoms with van der Waals surface area (Å²) >= 11 is 2.56. The zero-order valence-corrected chi connectivity index (χ0v) is 16.8. The minimum atomic E-state index is -0.465. The summed E-state index contributed by atoms with van der Waals surface area (Å²) in [5, 5.41) is 11.6. The Labute approximate surface area is 176 Å². The lowest BCUT2D eigenvalue weighted by atomic mass is 10.2. The van der Waals surface area contributed by atoms with E-state index in [-0.39, 0.29) is 19.0 Å². The first-order valence-corrected chi connectivity index (χ1v) is 10.3. The van der Waals surface area contributed by atoms with Gasteiger partial charge in [0.1, 0.15) is 0 Å². The summed E-state index contributed by atoms with van der Waals surface area (Å²) in [6.07, 6.45) is 5.52. The molecule has 30 heavy (non-hydrogen) atoms. The highest BCUT2D eigenvalue weighted by molar-refractivity contribution is 7.21. The van der Waals surface area contributed by atoms with E-state index >= 15 is 0 Å². The van der Waals surface area contributed by atoms with E-state index in [2.05, 4.69) is 10.9 Å². The molecule has 1 aliphatic rings. The van der Waals surface area contributed by atoms with Gasteiger partial charge in [-0.15, -0.1) is 17.8 Å². The van der Waals surface area contributed by atoms with Crippen molar-refractivity contribution < 1.29 is 19.2 Å². The van der Waals surface area contributed by atoms with Crippen molar-refractivity contribution in [3.8, 4) is 23.8 Å². The maximum Gasteiger partial charge on any atom is 0.289 e. The third kappa shape index (κ3) is 3.01. The van der Waals surface area contributed by atoms with Crippen LogP contribution in [-0.2, 0) is 6.54 Å². The molecule has 2 aromatic heterocycles. The lowest BCUT2D eigenvalue weighted by Gasteiger charge is -2.01. The molecule has 0 saturated heterocycles. The molecule has 0 atom stereocenters. The molecule has 0 radical (unpaired) electrons. The number of nitro benzene ring substituents is 1. The van der Waals surface area contributed by atoms with E-state index < -0.39 is 10.8 Å². The molecule has 0 unspecified atom stereocenters. The Hall–Kier alpha value is -3.68. The third-order valence-corrected chi connectivity index (χ3v) is 6.69. The molecule has 5 rings (SSSR count). The maximum atomic E-state index is 12.8. The van der Waals surface area contributed by atoms with Gasteiger partial charge in [0.05, 0.1) is 26.6 Å². The number of carbonyl (C=O) groups is 1. The van der Waals surface area contributed by atoms with Crippen molar-refractivity contribution in [2.75, 3.05) is 6.79 Å². The van der Waals surface area contributed by atoms with E-state index in [4.69, 9.17) is 15.9 Å². The molecule has 0 fully saturated rings. The predicted molar refractivity (Wildman–Crippen MR) is 113 cm³/mol. The van der Waals surface area contributed by atoms with Gasteiger partial charge in [-0.25, -0.2) is 0 Å². The fourth-order valence-corrected chi connectivity index (χ4v) is 5.15. The first-order chi connectivity index (χ1) is 14.5. The van der Waals surface area contributed by atoms with Crippen LogP contribution in [0.3, 0.4) is 0 Å². The summed E-state index contributed by atoms with van der Waals surface area (Å²) in [5.74, 6) is 3.41. The Kier molecular flexibility index (Phi) is 4.27. The quantitative estimate of drug-likeness (QED) is 0.275. The molecule has 1 amide bonds. The number of non-ortho nitro benzene ring substituents is 1. The van der Waals surface area contributed by atoms with E-state index in [0.29, 0.717) is 26.6 Å². The molecule has 148 valence electrons. The average molecular weight is 437 g/mol. The standard InChI is InChI=1S/C20H11N3O5S2/c1-2-5-22-13-8-14-15(28-10-27-14)9-17(13)30-20(22)21-19(24)18-7-11-6-12(23(25)26)3-4-16(11)29-18/h1,3-4,6-9H,5,10H2. The number of carbonyl (C=O) groups excluding carboxylic acids is 1. The number of hydrogen-bond donors (Lipinski definition) is 0. The number of thiophene rings is 1. The molecule has 0 N–H and O–H groups in total. The van der Waals surface area contributed by atoms with Crippen LogP contribution in [0.15, 0.2) is 41.4 Å². The molecule has 2 aromatic carbocycles. The highest BCUT2D eigenvalue weighted by Crippen LogP contribution is 2.37. The minimum Gasteiger partial charge on any atom is -0.454 e. The first kappa shape index (κ1) is 18.4. The number of fused-ring (bicyclic) bond motifs is 3. The second kappa shape index (κ2) is 6.98. The lowest BCUT2D eigenvalue weighted by molar-refractivity contribution is -0.384. The molecular weight excluding hydrogens is 426 g/mol. The molecule has 10 heteroatoms. The van der Waals surface area contributed by atoms with Crippen LogP contribution in [0.1, 0.15) is 9.67 Å². The van der Waals surface area contributed by atoms with E-state index in [9.17, 15) is 14.9 Å². The summed E-state index contributed by atoms with van der Waals surface area (Å²) in [6.45, 7) is 0.409. The van der Waals surface area contributed by atoms with Gasteiger partial charge in [0, 0.05) is 34.4 Å². The maximum absolute atomic E-state index is 12.8. The fourth-order valence-electron chi connectivity index (χ4n) is 3.18. The lowest BCUT2D eigenvalue weighted by Crippen LogP contribution is -2.16. The molecule has 0 spiro atoms. The number of ether oxygens (including phenoxy) is 2. The van der Waals surface area contributed by atoms with Gasteiger partial charge >= 0.3 is 0 Å². The van der Waals surface area contributed by atoms with Crippen molar-refractivity contribution >= 4 is 54.6 Å². The van der Waals surface area contributed by atoms with Crippen molar-refractivity contribution in [1.82, 2.24) is 4.57 Å². The molecular formula is C20H11N3O5S2. The van der Waals surface area contributed by atoms with Crippen LogP contribution in [0.5, 0.6) is 11.5 Å². The van der Waals surface area contributed by atoms with Crippen LogP contribution in [0.4, 0.5) is 5.69 Å². The molecule has 1 aliphatic heterocycles. The van der Waals surface area contributed by atoms with Gasteiger partial charge in [-0.1, -0.05) is 17.3 Å². The Balaban J connectivity index is 1.61. The zero-order chi connectivity index (χ0) is 20.8. The number of hydrogen-bond acceptors (Lipinski definition) is 7. The summed E-state index contributed by atoms with van der Waals surface area (Å²) < 4.78 is 14.3. The molecule has 4 aromatic rings. The van der Waals surface area contributed by atoms with Crippen molar-refractivity contribution in [3.05, 3.63) is 56.2 Å². The van der Waals surface area contributed by atoms with Gasteiger partial charge in [0.25, 0.3) is 11.6 Å². The topological polar surface area (TPSA) is 96.0 Å². The van der Waals surface area contributed by atoms with Crippen molar-refractivity contribution in [2.24, 2.45) is 4.99 Å². The number of aromatic nitrogens is 1. The van der Waals surface area contributed by atoms with Crippen LogP contribution in [0.2, 0.25) is 0 Å². The van der Waals surface area contributed by atoms with E-state index in [0.717, 1.165) is 14.9 Å². The van der Waals surface area contributed by atoms with Crippen LogP contribution in [-0.4, -0.2) is 22.2 Å². The number of nitro groups is 1. The third-order valence-electron chi connectivity index (χ3n) is 4.55. The smallest absolute Gasteiger partial charge is 0.289 e. The van der Waals surface area contributed by atoms with Crippen LogP contribution >= 0.6 is 22.7 Å². The summed E-state index contributed by atoms with van der Waals surface area (Å²) in [7, 11) is 0. The number of thiazole rings is 1. The van der Waals surface area contributed by atoms with E-state index in [1.54, 1.807) is 16.7 Å². The van der Waals surface area contributed by atoms with Crippen molar-refractivity contribution in [2.45, 2.75) is 6.54 Å². The Morgan fingerprint density at radius 1 is 1.20 bits per heavy atom. The average Bonchev–Trinajstić information content (AvgIpc) is 3.43. The zero-order valence-electron chi connectivity index (χ0n) is 15.2. The van der Waals surface area contributed by atoms with Crippen LogP contribution in [0.25, 0.3) is 20.3 Å². The molecule has 0 aliphatic carbocycles. The Bertz CT molecular complexity index is 1470. The number of nitrogens with zero attached hydrogens (tertiary/aromatic N) is 3. The number of benzene rings is 2. The predicted octanol–water partition coefficient (Wildman–Crippen LogP) is 3.93. The van der Waals surface area contributed by atoms with Crippen molar-refractivity contribution in [1.29, 1.82) is 0 Å². The number of rotatable bonds is 3. The van der Waals surface area contributed by atoms with E-state index in [1.807, 2.05) is 12.1 Å². The van der Waals surface area contributed by atoms with Crippen molar-refractivity contribution in [3.63, 3.8) is 0 Å². The highest BCUT2D eigenvalue weighted by atomic mass is 32.1. The molecule has 0 saturated carbocycles. The second-order valence-electron chi connectivity index (χ2n) is 6.35. The van der Waals surface area contributed by atoms with Gasteiger partial charge in [0.15, 0.2) is 16.3 Å². The normalized spacial score (nSPS) is 13.1. The summed E-state index contributed by atoms with van der Waals surface area (Å²) in [4.78, 5) is 28.5. The second-order valence-corrected chi connectivity index (χ2v) is 8.45. The molecule has 3 heterocycles. The van der Waals surface area contributed by atoms with Gasteiger partial charge < -0.3 is 14.0 Å². The van der Waals surface area contributed by atoms with Gasteiger partial charge in [-0.3, -0.25) is 14.9 Å². The van der Waals surface area contributed by atoms with E-state index in [1.165, 1.54) is 34.8 Å².